The first-order chi connectivity index (χ1) is 49.8. The van der Waals surface area contributed by atoms with Crippen molar-refractivity contribution in [1.82, 2.24) is 5.32 Å². The van der Waals surface area contributed by atoms with Gasteiger partial charge < -0.3 is 89.9 Å². The Hall–Kier alpha value is -2.77. The number of carbonyl (C=O) groups is 1. The number of hydrogen-bond donors (Lipinski definition) is 12. The van der Waals surface area contributed by atoms with Crippen LogP contribution in [0.15, 0.2) is 72.9 Å². The number of aliphatic hydroxyl groups excluding tert-OH is 11. The lowest BCUT2D eigenvalue weighted by Crippen LogP contribution is -2.66. The summed E-state index contributed by atoms with van der Waals surface area (Å²) in [5.74, 6) is -0.281. The number of carbonyl (C=O) groups excluding carboxylic acids is 1. The van der Waals surface area contributed by atoms with Gasteiger partial charge in [-0.3, -0.25) is 4.79 Å². The highest BCUT2D eigenvalue weighted by molar-refractivity contribution is 5.76. The molecule has 0 aromatic rings. The van der Waals surface area contributed by atoms with Gasteiger partial charge in [-0.2, -0.15) is 0 Å². The van der Waals surface area contributed by atoms with E-state index in [1.165, 1.54) is 218 Å². The minimum Gasteiger partial charge on any atom is -0.394 e. The monoisotopic (exact) mass is 1450 g/mol. The first kappa shape index (κ1) is 93.4. The van der Waals surface area contributed by atoms with E-state index in [9.17, 15) is 61.0 Å². The summed E-state index contributed by atoms with van der Waals surface area (Å²) in [5, 5.41) is 121. The van der Waals surface area contributed by atoms with Crippen LogP contribution in [-0.2, 0) is 33.2 Å². The molecule has 17 unspecified atom stereocenters. The molecule has 594 valence electrons. The molecular formula is C83H149NO18. The first-order valence-electron chi connectivity index (χ1n) is 41.2. The number of hydrogen-bond acceptors (Lipinski definition) is 18. The summed E-state index contributed by atoms with van der Waals surface area (Å²) in [4.78, 5) is 13.5. The maximum absolute atomic E-state index is 13.5. The van der Waals surface area contributed by atoms with Crippen LogP contribution < -0.4 is 5.32 Å². The van der Waals surface area contributed by atoms with Crippen molar-refractivity contribution < 1.29 is 89.4 Å². The molecule has 0 aliphatic carbocycles. The molecule has 0 radical (unpaired) electrons. The van der Waals surface area contributed by atoms with Crippen LogP contribution >= 0.6 is 0 Å². The molecule has 3 aliphatic heterocycles. The van der Waals surface area contributed by atoms with E-state index in [1.54, 1.807) is 6.08 Å². The zero-order valence-corrected chi connectivity index (χ0v) is 63.6. The van der Waals surface area contributed by atoms with Crippen LogP contribution in [-0.4, -0.2) is 193 Å². The minimum atomic E-state index is -1.98. The lowest BCUT2D eigenvalue weighted by atomic mass is 9.96. The molecule has 19 heteroatoms. The first-order valence-corrected chi connectivity index (χ1v) is 41.2. The molecular weight excluding hydrogens is 1300 g/mol. The van der Waals surface area contributed by atoms with Gasteiger partial charge in [-0.1, -0.05) is 311 Å². The van der Waals surface area contributed by atoms with Gasteiger partial charge >= 0.3 is 0 Å². The van der Waals surface area contributed by atoms with E-state index in [1.807, 2.05) is 6.08 Å². The number of ether oxygens (including phenoxy) is 6. The van der Waals surface area contributed by atoms with E-state index in [0.29, 0.717) is 12.8 Å². The average Bonchev–Trinajstić information content (AvgIpc) is 0.781. The molecule has 3 fully saturated rings. The summed E-state index contributed by atoms with van der Waals surface area (Å²) in [6, 6.07) is -0.991. The zero-order chi connectivity index (χ0) is 73.9. The van der Waals surface area contributed by atoms with Crippen LogP contribution in [0.2, 0.25) is 0 Å². The van der Waals surface area contributed by atoms with Crippen LogP contribution in [0.5, 0.6) is 0 Å². The molecule has 0 aromatic heterocycles. The maximum Gasteiger partial charge on any atom is 0.220 e. The Kier molecular flexibility index (Phi) is 57.9. The molecule has 1 amide bonds. The third-order valence-electron chi connectivity index (χ3n) is 20.2. The van der Waals surface area contributed by atoms with Gasteiger partial charge in [-0.05, 0) is 70.6 Å². The fourth-order valence-corrected chi connectivity index (χ4v) is 13.7. The third kappa shape index (κ3) is 42.7. The highest BCUT2D eigenvalue weighted by Gasteiger charge is 2.54. The van der Waals surface area contributed by atoms with E-state index >= 15 is 0 Å². The minimum absolute atomic E-state index is 0.238. The van der Waals surface area contributed by atoms with Crippen molar-refractivity contribution in [2.45, 2.75) is 420 Å². The second-order valence-corrected chi connectivity index (χ2v) is 29.2. The van der Waals surface area contributed by atoms with E-state index < -0.39 is 124 Å². The highest BCUT2D eigenvalue weighted by atomic mass is 16.8. The molecule has 0 spiro atoms. The molecule has 3 heterocycles. The molecule has 3 saturated heterocycles. The number of amides is 1. The Balaban J connectivity index is 1.31. The Morgan fingerprint density at radius 3 is 1.10 bits per heavy atom. The largest absolute Gasteiger partial charge is 0.394 e. The lowest BCUT2D eigenvalue weighted by molar-refractivity contribution is -0.379. The van der Waals surface area contributed by atoms with Gasteiger partial charge in [0.25, 0.3) is 0 Å². The maximum atomic E-state index is 13.5. The van der Waals surface area contributed by atoms with Gasteiger partial charge in [0.1, 0.15) is 73.2 Å². The van der Waals surface area contributed by atoms with Gasteiger partial charge in [0.2, 0.25) is 5.91 Å². The van der Waals surface area contributed by atoms with Crippen molar-refractivity contribution in [2.24, 2.45) is 0 Å². The van der Waals surface area contributed by atoms with E-state index in [2.05, 4.69) is 79.9 Å². The Morgan fingerprint density at radius 2 is 0.686 bits per heavy atom. The predicted octanol–water partition coefficient (Wildman–Crippen LogP) is 14.0. The predicted molar refractivity (Wildman–Crippen MR) is 406 cm³/mol. The Bertz CT molecular complexity index is 2120. The summed E-state index contributed by atoms with van der Waals surface area (Å²) >= 11 is 0. The quantitative estimate of drug-likeness (QED) is 0.0199. The zero-order valence-electron chi connectivity index (χ0n) is 63.6. The summed E-state index contributed by atoms with van der Waals surface area (Å²) < 4.78 is 34.4. The molecule has 0 bridgehead atoms. The second-order valence-electron chi connectivity index (χ2n) is 29.2. The number of unbranched alkanes of at least 4 members (excludes halogenated alkanes) is 39. The van der Waals surface area contributed by atoms with Crippen molar-refractivity contribution in [3.05, 3.63) is 72.9 Å². The molecule has 17 atom stereocenters. The van der Waals surface area contributed by atoms with Crippen LogP contribution in [0.3, 0.4) is 0 Å². The van der Waals surface area contributed by atoms with Crippen LogP contribution in [0.4, 0.5) is 0 Å². The van der Waals surface area contributed by atoms with E-state index in [4.69, 9.17) is 28.4 Å². The van der Waals surface area contributed by atoms with Gasteiger partial charge in [-0.25, -0.2) is 0 Å². The summed E-state index contributed by atoms with van der Waals surface area (Å²) in [7, 11) is 0. The Morgan fingerprint density at radius 1 is 0.363 bits per heavy atom. The van der Waals surface area contributed by atoms with Gasteiger partial charge in [0, 0.05) is 6.42 Å². The average molecular weight is 1450 g/mol. The molecule has 3 aliphatic rings. The smallest absolute Gasteiger partial charge is 0.220 e. The molecule has 0 aromatic carbocycles. The molecule has 19 nitrogen and oxygen atoms in total. The standard InChI is InChI=1S/C83H149NO18/c1-3-5-7-9-11-13-15-17-19-21-23-24-25-26-27-28-29-30-31-32-33-34-35-36-37-38-39-40-41-42-43-45-47-49-51-53-55-57-59-61-71(89)84-66(67(88)60-58-56-54-52-50-48-46-44-22-20-18-16-14-12-10-8-6-4-2)65-97-81-77(95)74(92)79(69(63-86)99-81)102-83-78(96)75(93)80(70(64-87)100-83)101-82-76(94)73(91)72(90)68(62-85)98-82/h5,7,11,13,17,19,23-24,50,52,58,60,66-70,72-83,85-88,90-96H,3-4,6,8-10,12,14-16,18,20-22,25-49,51,53-57,59,61-65H2,1-2H3,(H,84,89)/b7-5-,13-11-,19-17-,24-23-,52-50+,60-58+. The van der Waals surface area contributed by atoms with Crippen molar-refractivity contribution in [3.63, 3.8) is 0 Å². The van der Waals surface area contributed by atoms with Crippen LogP contribution in [0.25, 0.3) is 0 Å². The van der Waals surface area contributed by atoms with Crippen molar-refractivity contribution >= 4 is 5.91 Å². The normalized spacial score (nSPS) is 26.5. The SMILES string of the molecule is CC/C=C\C/C=C\C/C=C\C/C=C\CCCCCCCCCCCCCCCCCCCCCCCCCCCCC(=O)NC(COC1OC(CO)C(OC2OC(CO)C(OC3OC(CO)C(O)C(O)C3O)C(O)C2O)C(O)C1O)C(O)/C=C/CC/C=C/CCCCCCCCCCCCCC. The Labute approximate surface area is 617 Å². The number of aliphatic hydroxyl groups is 11. The number of allylic oxidation sites excluding steroid dienone is 11. The molecule has 3 rings (SSSR count). The molecule has 102 heavy (non-hydrogen) atoms. The van der Waals surface area contributed by atoms with Gasteiger partial charge in [0.05, 0.1) is 38.6 Å². The topological polar surface area (TPSA) is 307 Å². The van der Waals surface area contributed by atoms with Crippen molar-refractivity contribution in [1.29, 1.82) is 0 Å². The number of nitrogens with one attached hydrogen (secondary N) is 1. The fraction of sp³-hybridized carbons (Fsp3) is 0.843. The summed E-state index contributed by atoms with van der Waals surface area (Å²) in [6.45, 7) is 1.63. The second kappa shape index (κ2) is 63.2. The van der Waals surface area contributed by atoms with E-state index in [-0.39, 0.29) is 18.9 Å². The highest BCUT2D eigenvalue weighted by Crippen LogP contribution is 2.33. The van der Waals surface area contributed by atoms with Gasteiger partial charge in [0.15, 0.2) is 18.9 Å². The molecule has 12 N–H and O–H groups in total. The summed E-state index contributed by atoms with van der Waals surface area (Å²) in [6.07, 6.45) is 56.3. The fourth-order valence-electron chi connectivity index (χ4n) is 13.7. The lowest BCUT2D eigenvalue weighted by Gasteiger charge is -2.48. The van der Waals surface area contributed by atoms with Gasteiger partial charge in [-0.15, -0.1) is 0 Å². The van der Waals surface area contributed by atoms with E-state index in [0.717, 1.165) is 64.2 Å². The van der Waals surface area contributed by atoms with Crippen molar-refractivity contribution in [3.8, 4) is 0 Å². The third-order valence-corrected chi connectivity index (χ3v) is 20.2. The van der Waals surface area contributed by atoms with Crippen LogP contribution in [0, 0.1) is 0 Å². The van der Waals surface area contributed by atoms with Crippen molar-refractivity contribution in [2.75, 3.05) is 26.4 Å². The number of rotatable bonds is 65. The molecule has 0 saturated carbocycles. The summed E-state index contributed by atoms with van der Waals surface area (Å²) in [5.41, 5.74) is 0. The van der Waals surface area contributed by atoms with Crippen LogP contribution in [0.1, 0.15) is 316 Å².